The second kappa shape index (κ2) is 4.06. The van der Waals surface area contributed by atoms with Gasteiger partial charge in [-0.25, -0.2) is 4.39 Å². The molecule has 0 saturated heterocycles. The van der Waals surface area contributed by atoms with Crippen LogP contribution in [0.25, 0.3) is 0 Å². The molecule has 0 bridgehead atoms. The number of methoxy groups -OCH3 is 1. The Kier molecular flexibility index (Phi) is 3.18. The van der Waals surface area contributed by atoms with Crippen molar-refractivity contribution in [3.63, 3.8) is 0 Å². The first-order valence-electron chi connectivity index (χ1n) is 4.03. The largest absolute Gasteiger partial charge is 0.494 e. The van der Waals surface area contributed by atoms with E-state index < -0.39 is 23.3 Å². The summed E-state index contributed by atoms with van der Waals surface area (Å²) in [6.45, 7) is -0.313. The Morgan fingerprint density at radius 2 is 1.93 bits per heavy atom. The predicted molar refractivity (Wildman–Crippen MR) is 45.8 cm³/mol. The zero-order valence-corrected chi connectivity index (χ0v) is 7.86. The Labute approximate surface area is 83.6 Å². The summed E-state index contributed by atoms with van der Waals surface area (Å²) in [6, 6.07) is 1.28. The minimum atomic E-state index is -4.54. The van der Waals surface area contributed by atoms with Crippen molar-refractivity contribution in [2.45, 2.75) is 12.7 Å². The maximum absolute atomic E-state index is 13.3. The normalized spacial score (nSPS) is 11.6. The quantitative estimate of drug-likeness (QED) is 0.781. The van der Waals surface area contributed by atoms with E-state index >= 15 is 0 Å². The van der Waals surface area contributed by atoms with E-state index in [-0.39, 0.29) is 12.1 Å². The molecule has 0 aliphatic heterocycles. The van der Waals surface area contributed by atoms with Gasteiger partial charge >= 0.3 is 6.18 Å². The minimum Gasteiger partial charge on any atom is -0.494 e. The number of alkyl halides is 3. The van der Waals surface area contributed by atoms with E-state index in [1.165, 1.54) is 0 Å². The van der Waals surface area contributed by atoms with Crippen molar-refractivity contribution < 1.29 is 22.3 Å². The first kappa shape index (κ1) is 11.8. The molecule has 0 aliphatic carbocycles. The van der Waals surface area contributed by atoms with Crippen LogP contribution in [-0.4, -0.2) is 7.11 Å². The summed E-state index contributed by atoms with van der Waals surface area (Å²) in [4.78, 5) is 0. The minimum absolute atomic E-state index is 0.221. The highest BCUT2D eigenvalue weighted by Gasteiger charge is 2.32. The number of rotatable bonds is 2. The molecule has 0 unspecified atom stereocenters. The number of ether oxygens (including phenoxy) is 1. The molecule has 2 N–H and O–H groups in total. The number of nitrogens with two attached hydrogens (primary N) is 1. The van der Waals surface area contributed by atoms with Crippen molar-refractivity contribution in [3.8, 4) is 5.75 Å². The molecule has 0 amide bonds. The van der Waals surface area contributed by atoms with E-state index in [9.17, 15) is 17.6 Å². The standard InChI is InChI=1S/C9H9F4NO/c1-15-7-3-6(9(11,12)13)2-5(4-14)8(7)10/h2-3H,4,14H2,1H3. The van der Waals surface area contributed by atoms with Gasteiger partial charge in [-0.1, -0.05) is 0 Å². The third-order valence-electron chi connectivity index (χ3n) is 1.88. The summed E-state index contributed by atoms with van der Waals surface area (Å²) in [7, 11) is 1.10. The van der Waals surface area contributed by atoms with Gasteiger partial charge in [0.25, 0.3) is 0 Å². The highest BCUT2D eigenvalue weighted by molar-refractivity contribution is 5.37. The van der Waals surface area contributed by atoms with Crippen molar-refractivity contribution in [1.29, 1.82) is 0 Å². The molecule has 0 atom stereocenters. The molecule has 0 heterocycles. The summed E-state index contributed by atoms with van der Waals surface area (Å²) < 4.78 is 54.8. The van der Waals surface area contributed by atoms with Crippen molar-refractivity contribution >= 4 is 0 Å². The molecule has 6 heteroatoms. The lowest BCUT2D eigenvalue weighted by Gasteiger charge is -2.12. The van der Waals surface area contributed by atoms with Crippen molar-refractivity contribution in [1.82, 2.24) is 0 Å². The molecule has 15 heavy (non-hydrogen) atoms. The van der Waals surface area contributed by atoms with Gasteiger partial charge in [-0.15, -0.1) is 0 Å². The van der Waals surface area contributed by atoms with Gasteiger partial charge in [0.1, 0.15) is 0 Å². The summed E-state index contributed by atoms with van der Waals surface area (Å²) >= 11 is 0. The van der Waals surface area contributed by atoms with Crippen LogP contribution in [0.5, 0.6) is 5.75 Å². The van der Waals surface area contributed by atoms with Crippen LogP contribution in [0.1, 0.15) is 11.1 Å². The van der Waals surface area contributed by atoms with Crippen molar-refractivity contribution in [2.24, 2.45) is 5.73 Å². The lowest BCUT2D eigenvalue weighted by atomic mass is 10.1. The number of benzene rings is 1. The molecule has 2 nitrogen and oxygen atoms in total. The van der Waals surface area contributed by atoms with Gasteiger partial charge in [-0.2, -0.15) is 13.2 Å². The highest BCUT2D eigenvalue weighted by Crippen LogP contribution is 2.34. The van der Waals surface area contributed by atoms with E-state index in [0.29, 0.717) is 12.1 Å². The van der Waals surface area contributed by atoms with Gasteiger partial charge in [0.2, 0.25) is 0 Å². The van der Waals surface area contributed by atoms with Crippen LogP contribution >= 0.6 is 0 Å². The average molecular weight is 223 g/mol. The predicted octanol–water partition coefficient (Wildman–Crippen LogP) is 2.31. The summed E-state index contributed by atoms with van der Waals surface area (Å²) in [6.07, 6.45) is -4.54. The van der Waals surface area contributed by atoms with E-state index in [1.807, 2.05) is 0 Å². The molecule has 0 spiro atoms. The van der Waals surface area contributed by atoms with Gasteiger partial charge in [0, 0.05) is 12.1 Å². The third-order valence-corrected chi connectivity index (χ3v) is 1.88. The van der Waals surface area contributed by atoms with Gasteiger partial charge < -0.3 is 10.5 Å². The molecule has 0 radical (unpaired) electrons. The van der Waals surface area contributed by atoms with Crippen molar-refractivity contribution in [3.05, 3.63) is 29.1 Å². The second-order valence-corrected chi connectivity index (χ2v) is 2.85. The number of halogens is 4. The fourth-order valence-electron chi connectivity index (χ4n) is 1.12. The molecular weight excluding hydrogens is 214 g/mol. The topological polar surface area (TPSA) is 35.2 Å². The van der Waals surface area contributed by atoms with Crippen LogP contribution < -0.4 is 10.5 Å². The Balaban J connectivity index is 3.33. The zero-order chi connectivity index (χ0) is 11.6. The van der Waals surface area contributed by atoms with Crippen LogP contribution in [-0.2, 0) is 12.7 Å². The first-order chi connectivity index (χ1) is 6.90. The monoisotopic (exact) mass is 223 g/mol. The second-order valence-electron chi connectivity index (χ2n) is 2.85. The molecule has 1 aromatic rings. The smallest absolute Gasteiger partial charge is 0.416 e. The molecule has 1 rings (SSSR count). The third kappa shape index (κ3) is 2.38. The maximum Gasteiger partial charge on any atom is 0.416 e. The summed E-state index contributed by atoms with van der Waals surface area (Å²) in [5.74, 6) is -1.31. The van der Waals surface area contributed by atoms with Crippen LogP contribution in [0.2, 0.25) is 0 Å². The van der Waals surface area contributed by atoms with Crippen LogP contribution in [0, 0.1) is 5.82 Å². The molecule has 0 aromatic heterocycles. The summed E-state index contributed by atoms with van der Waals surface area (Å²) in [5.41, 5.74) is 3.93. The van der Waals surface area contributed by atoms with Crippen molar-refractivity contribution in [2.75, 3.05) is 7.11 Å². The Morgan fingerprint density at radius 3 is 2.33 bits per heavy atom. The number of hydrogen-bond acceptors (Lipinski definition) is 2. The lowest BCUT2D eigenvalue weighted by molar-refractivity contribution is -0.137. The molecule has 0 aliphatic rings. The maximum atomic E-state index is 13.3. The fraction of sp³-hybridized carbons (Fsp3) is 0.333. The molecule has 84 valence electrons. The average Bonchev–Trinajstić information content (AvgIpc) is 2.16. The van der Waals surface area contributed by atoms with Gasteiger partial charge in [-0.05, 0) is 12.1 Å². The molecule has 1 aromatic carbocycles. The van der Waals surface area contributed by atoms with Crippen LogP contribution in [0.15, 0.2) is 12.1 Å². The SMILES string of the molecule is COc1cc(C(F)(F)F)cc(CN)c1F. The molecule has 0 fully saturated rings. The van der Waals surface area contributed by atoms with Gasteiger partial charge in [0.05, 0.1) is 12.7 Å². The van der Waals surface area contributed by atoms with Crippen LogP contribution in [0.4, 0.5) is 17.6 Å². The van der Waals surface area contributed by atoms with Gasteiger partial charge in [0.15, 0.2) is 11.6 Å². The fourth-order valence-corrected chi connectivity index (χ4v) is 1.12. The van der Waals surface area contributed by atoms with Crippen LogP contribution in [0.3, 0.4) is 0 Å². The van der Waals surface area contributed by atoms with E-state index in [1.54, 1.807) is 0 Å². The van der Waals surface area contributed by atoms with Gasteiger partial charge in [-0.3, -0.25) is 0 Å². The Morgan fingerprint density at radius 1 is 1.33 bits per heavy atom. The van der Waals surface area contributed by atoms with E-state index in [4.69, 9.17) is 5.73 Å². The number of hydrogen-bond donors (Lipinski definition) is 1. The lowest BCUT2D eigenvalue weighted by Crippen LogP contribution is -2.09. The van der Waals surface area contributed by atoms with E-state index in [0.717, 1.165) is 7.11 Å². The first-order valence-corrected chi connectivity index (χ1v) is 4.03. The highest BCUT2D eigenvalue weighted by atomic mass is 19.4. The Hall–Kier alpha value is -1.30. The molecular formula is C9H9F4NO. The molecule has 0 saturated carbocycles. The zero-order valence-electron chi connectivity index (χ0n) is 7.86. The Bertz CT molecular complexity index is 337. The van der Waals surface area contributed by atoms with E-state index in [2.05, 4.69) is 4.74 Å². The summed E-state index contributed by atoms with van der Waals surface area (Å²) in [5, 5.41) is 0.